The van der Waals surface area contributed by atoms with E-state index in [9.17, 15) is 14.7 Å². The van der Waals surface area contributed by atoms with E-state index in [1.807, 2.05) is 6.07 Å². The van der Waals surface area contributed by atoms with E-state index < -0.39 is 17.9 Å². The van der Waals surface area contributed by atoms with Gasteiger partial charge in [0.05, 0.1) is 19.1 Å². The number of carboxylic acids is 1. The second-order valence-electron chi connectivity index (χ2n) is 5.86. The molecular formula is C18H19NO5. The van der Waals surface area contributed by atoms with Gasteiger partial charge < -0.3 is 19.6 Å². The zero-order chi connectivity index (χ0) is 16.9. The molecule has 1 saturated heterocycles. The minimum atomic E-state index is -1.04. The maximum Gasteiger partial charge on any atom is 0.326 e. The molecule has 1 amide bonds. The highest BCUT2D eigenvalue weighted by atomic mass is 16.5. The van der Waals surface area contributed by atoms with Crippen LogP contribution in [0.5, 0.6) is 0 Å². The molecule has 1 aliphatic heterocycles. The summed E-state index contributed by atoms with van der Waals surface area (Å²) in [6.07, 6.45) is 4.69. The van der Waals surface area contributed by atoms with E-state index in [0.29, 0.717) is 18.8 Å². The van der Waals surface area contributed by atoms with Crippen molar-refractivity contribution in [3.63, 3.8) is 0 Å². The number of hydrogen-bond donors (Lipinski definition) is 2. The topological polar surface area (TPSA) is 88.8 Å². The van der Waals surface area contributed by atoms with Gasteiger partial charge in [-0.2, -0.15) is 0 Å². The van der Waals surface area contributed by atoms with E-state index in [4.69, 9.17) is 9.15 Å². The van der Waals surface area contributed by atoms with Crippen molar-refractivity contribution in [2.24, 2.45) is 5.92 Å². The number of nitrogens with one attached hydrogen (secondary N) is 1. The number of benzene rings is 1. The first-order valence-electron chi connectivity index (χ1n) is 7.89. The number of rotatable bonds is 5. The average molecular weight is 329 g/mol. The highest BCUT2D eigenvalue weighted by Gasteiger charge is 2.31. The van der Waals surface area contributed by atoms with E-state index >= 15 is 0 Å². The first kappa shape index (κ1) is 16.3. The molecule has 1 aromatic carbocycles. The van der Waals surface area contributed by atoms with Crippen molar-refractivity contribution in [3.8, 4) is 11.1 Å². The SMILES string of the molecule is O=C(N[C@@H](C(=O)O)[C@@H]1CCCOC1)c1cccc(-c2ccoc2)c1. The Morgan fingerprint density at radius 3 is 2.79 bits per heavy atom. The third kappa shape index (κ3) is 3.65. The Balaban J connectivity index is 1.75. The predicted octanol–water partition coefficient (Wildman–Crippen LogP) is 2.56. The van der Waals surface area contributed by atoms with Gasteiger partial charge >= 0.3 is 5.97 Å². The summed E-state index contributed by atoms with van der Waals surface area (Å²) in [6.45, 7) is 0.996. The van der Waals surface area contributed by atoms with Crippen LogP contribution in [0.4, 0.5) is 0 Å². The number of ether oxygens (including phenoxy) is 1. The van der Waals surface area contributed by atoms with E-state index in [2.05, 4.69) is 5.32 Å². The van der Waals surface area contributed by atoms with Crippen molar-refractivity contribution in [1.82, 2.24) is 5.32 Å². The third-order valence-electron chi connectivity index (χ3n) is 4.20. The molecule has 2 aromatic rings. The quantitative estimate of drug-likeness (QED) is 0.880. The number of carboxylic acid groups (broad SMARTS) is 1. The fraction of sp³-hybridized carbons (Fsp3) is 0.333. The number of hydrogen-bond acceptors (Lipinski definition) is 4. The van der Waals surface area contributed by atoms with E-state index in [1.165, 1.54) is 0 Å². The maximum atomic E-state index is 12.5. The van der Waals surface area contributed by atoms with Crippen LogP contribution in [0.1, 0.15) is 23.2 Å². The van der Waals surface area contributed by atoms with Gasteiger partial charge in [0, 0.05) is 23.7 Å². The van der Waals surface area contributed by atoms with Crippen molar-refractivity contribution in [1.29, 1.82) is 0 Å². The minimum absolute atomic E-state index is 0.211. The number of carbonyl (C=O) groups excluding carboxylic acids is 1. The van der Waals surface area contributed by atoms with E-state index in [-0.39, 0.29) is 5.92 Å². The smallest absolute Gasteiger partial charge is 0.326 e. The van der Waals surface area contributed by atoms with Crippen molar-refractivity contribution in [2.45, 2.75) is 18.9 Å². The molecule has 24 heavy (non-hydrogen) atoms. The molecule has 0 bridgehead atoms. The Hall–Kier alpha value is -2.60. The number of furan rings is 1. The van der Waals surface area contributed by atoms with Crippen LogP contribution in [0.15, 0.2) is 47.3 Å². The van der Waals surface area contributed by atoms with Crippen LogP contribution < -0.4 is 5.32 Å². The van der Waals surface area contributed by atoms with Crippen LogP contribution in [0.2, 0.25) is 0 Å². The zero-order valence-corrected chi connectivity index (χ0v) is 13.1. The lowest BCUT2D eigenvalue weighted by atomic mass is 9.93. The van der Waals surface area contributed by atoms with Gasteiger partial charge in [0.2, 0.25) is 0 Å². The summed E-state index contributed by atoms with van der Waals surface area (Å²) in [5.74, 6) is -1.65. The molecule has 1 fully saturated rings. The summed E-state index contributed by atoms with van der Waals surface area (Å²) in [5.41, 5.74) is 2.11. The average Bonchev–Trinajstić information content (AvgIpc) is 3.15. The van der Waals surface area contributed by atoms with Gasteiger partial charge in [-0.25, -0.2) is 4.79 Å². The Morgan fingerprint density at radius 1 is 1.25 bits per heavy atom. The second kappa shape index (κ2) is 7.31. The molecule has 2 heterocycles. The number of amides is 1. The zero-order valence-electron chi connectivity index (χ0n) is 13.1. The molecule has 2 N–H and O–H groups in total. The molecule has 6 heteroatoms. The Kier molecular flexibility index (Phi) is 4.96. The fourth-order valence-corrected chi connectivity index (χ4v) is 2.90. The summed E-state index contributed by atoms with van der Waals surface area (Å²) in [4.78, 5) is 24.0. The molecule has 1 aliphatic rings. The molecule has 0 radical (unpaired) electrons. The number of carbonyl (C=O) groups is 2. The summed E-state index contributed by atoms with van der Waals surface area (Å²) < 4.78 is 10.4. The normalized spacial score (nSPS) is 18.8. The van der Waals surface area contributed by atoms with Gasteiger partial charge in [0.1, 0.15) is 6.04 Å². The Morgan fingerprint density at radius 2 is 2.12 bits per heavy atom. The fourth-order valence-electron chi connectivity index (χ4n) is 2.90. The lowest BCUT2D eigenvalue weighted by Gasteiger charge is -2.28. The lowest BCUT2D eigenvalue weighted by Crippen LogP contribution is -2.48. The molecule has 126 valence electrons. The summed E-state index contributed by atoms with van der Waals surface area (Å²) in [7, 11) is 0. The van der Waals surface area contributed by atoms with Gasteiger partial charge in [-0.1, -0.05) is 12.1 Å². The molecule has 0 spiro atoms. The monoisotopic (exact) mass is 329 g/mol. The van der Waals surface area contributed by atoms with E-state index in [0.717, 1.165) is 24.0 Å². The van der Waals surface area contributed by atoms with Gasteiger partial charge in [-0.05, 0) is 36.6 Å². The Labute approximate surface area is 139 Å². The van der Waals surface area contributed by atoms with Crippen LogP contribution in [-0.4, -0.2) is 36.2 Å². The highest BCUT2D eigenvalue weighted by Crippen LogP contribution is 2.22. The van der Waals surface area contributed by atoms with Crippen LogP contribution in [-0.2, 0) is 9.53 Å². The number of aliphatic carboxylic acids is 1. The molecule has 0 saturated carbocycles. The predicted molar refractivity (Wildman–Crippen MR) is 86.6 cm³/mol. The van der Waals surface area contributed by atoms with Gasteiger partial charge in [-0.15, -0.1) is 0 Å². The van der Waals surface area contributed by atoms with Crippen LogP contribution in [0, 0.1) is 5.92 Å². The summed E-state index contributed by atoms with van der Waals surface area (Å²) >= 11 is 0. The maximum absolute atomic E-state index is 12.5. The molecular weight excluding hydrogens is 310 g/mol. The first-order valence-corrected chi connectivity index (χ1v) is 7.89. The van der Waals surface area contributed by atoms with Crippen molar-refractivity contribution >= 4 is 11.9 Å². The second-order valence-corrected chi connectivity index (χ2v) is 5.86. The summed E-state index contributed by atoms with van der Waals surface area (Å²) in [6, 6.07) is 7.86. The molecule has 0 unspecified atom stereocenters. The van der Waals surface area contributed by atoms with Crippen molar-refractivity contribution in [2.75, 3.05) is 13.2 Å². The highest BCUT2D eigenvalue weighted by molar-refractivity contribution is 5.97. The molecule has 6 nitrogen and oxygen atoms in total. The molecule has 3 rings (SSSR count). The standard InChI is InChI=1S/C18H19NO5/c20-17(19-16(18(21)22)15-5-2-7-23-11-15)13-4-1-3-12(9-13)14-6-8-24-10-14/h1,3-4,6,8-10,15-16H,2,5,7,11H2,(H,19,20)(H,21,22)/t15-,16-/m1/s1. The molecule has 1 aromatic heterocycles. The first-order chi connectivity index (χ1) is 11.6. The van der Waals surface area contributed by atoms with Crippen LogP contribution in [0.3, 0.4) is 0 Å². The summed E-state index contributed by atoms with van der Waals surface area (Å²) in [5, 5.41) is 12.1. The Bertz CT molecular complexity index is 704. The van der Waals surface area contributed by atoms with Crippen molar-refractivity contribution < 1.29 is 23.8 Å². The molecule has 2 atom stereocenters. The van der Waals surface area contributed by atoms with E-state index in [1.54, 1.807) is 36.8 Å². The van der Waals surface area contributed by atoms with Gasteiger partial charge in [0.25, 0.3) is 5.91 Å². The van der Waals surface area contributed by atoms with Gasteiger partial charge in [-0.3, -0.25) is 4.79 Å². The van der Waals surface area contributed by atoms with Crippen LogP contribution in [0.25, 0.3) is 11.1 Å². The minimum Gasteiger partial charge on any atom is -0.480 e. The third-order valence-corrected chi connectivity index (χ3v) is 4.20. The van der Waals surface area contributed by atoms with Crippen LogP contribution >= 0.6 is 0 Å². The van der Waals surface area contributed by atoms with Crippen molar-refractivity contribution in [3.05, 3.63) is 48.4 Å². The lowest BCUT2D eigenvalue weighted by molar-refractivity contribution is -0.142. The van der Waals surface area contributed by atoms with Gasteiger partial charge in [0.15, 0.2) is 0 Å². The molecule has 0 aliphatic carbocycles. The largest absolute Gasteiger partial charge is 0.480 e.